The van der Waals surface area contributed by atoms with Gasteiger partial charge in [0, 0.05) is 13.1 Å². The van der Waals surface area contributed by atoms with Crippen molar-refractivity contribution in [2.45, 2.75) is 25.8 Å². The fourth-order valence-electron chi connectivity index (χ4n) is 3.57. The van der Waals surface area contributed by atoms with Gasteiger partial charge in [-0.15, -0.1) is 0 Å². The molecule has 94 valence electrons. The van der Waals surface area contributed by atoms with Crippen LogP contribution in [-0.2, 0) is 6.54 Å². The second kappa shape index (κ2) is 4.46. The summed E-state index contributed by atoms with van der Waals surface area (Å²) in [5, 5.41) is 0. The lowest BCUT2D eigenvalue weighted by Gasteiger charge is -2.38. The number of piperidine rings is 1. The molecule has 2 aliphatic rings. The third kappa shape index (κ3) is 2.40. The monoisotopic (exact) mass is 234 g/mol. The number of hydrogen-bond acceptors (Lipinski definition) is 3. The summed E-state index contributed by atoms with van der Waals surface area (Å²) in [5.41, 5.74) is 0.569. The molecule has 0 N–H and O–H groups in total. The van der Waals surface area contributed by atoms with E-state index in [4.69, 9.17) is 4.42 Å². The van der Waals surface area contributed by atoms with E-state index in [0.717, 1.165) is 12.3 Å². The lowest BCUT2D eigenvalue weighted by atomic mass is 9.79. The van der Waals surface area contributed by atoms with Crippen molar-refractivity contribution in [2.75, 3.05) is 33.2 Å². The lowest BCUT2D eigenvalue weighted by Crippen LogP contribution is -2.42. The van der Waals surface area contributed by atoms with E-state index >= 15 is 0 Å². The molecule has 0 amide bonds. The van der Waals surface area contributed by atoms with Crippen molar-refractivity contribution in [1.29, 1.82) is 0 Å². The lowest BCUT2D eigenvalue weighted by molar-refractivity contribution is 0.111. The molecule has 0 unspecified atom stereocenters. The van der Waals surface area contributed by atoms with Crippen molar-refractivity contribution in [2.24, 2.45) is 5.41 Å². The van der Waals surface area contributed by atoms with E-state index in [0.29, 0.717) is 5.41 Å². The Labute approximate surface area is 103 Å². The predicted molar refractivity (Wildman–Crippen MR) is 67.8 cm³/mol. The molecule has 0 aromatic carbocycles. The van der Waals surface area contributed by atoms with Gasteiger partial charge < -0.3 is 9.32 Å². The van der Waals surface area contributed by atoms with Gasteiger partial charge in [-0.3, -0.25) is 4.90 Å². The van der Waals surface area contributed by atoms with Gasteiger partial charge in [-0.2, -0.15) is 0 Å². The number of hydrogen-bond donors (Lipinski definition) is 0. The minimum absolute atomic E-state index is 0.569. The van der Waals surface area contributed by atoms with Gasteiger partial charge >= 0.3 is 0 Å². The molecule has 1 spiro atoms. The van der Waals surface area contributed by atoms with Gasteiger partial charge in [-0.25, -0.2) is 0 Å². The van der Waals surface area contributed by atoms with Gasteiger partial charge in [0.05, 0.1) is 12.8 Å². The Bertz CT molecular complexity index is 362. The molecule has 3 heteroatoms. The number of rotatable bonds is 2. The summed E-state index contributed by atoms with van der Waals surface area (Å²) in [6.07, 6.45) is 5.91. The van der Waals surface area contributed by atoms with E-state index in [1.165, 1.54) is 45.4 Å². The van der Waals surface area contributed by atoms with Crippen LogP contribution in [0.3, 0.4) is 0 Å². The van der Waals surface area contributed by atoms with Crippen LogP contribution in [0.25, 0.3) is 0 Å². The normalized spacial score (nSPS) is 31.4. The zero-order chi connectivity index (χ0) is 11.7. The first kappa shape index (κ1) is 11.3. The average molecular weight is 234 g/mol. The smallest absolute Gasteiger partial charge is 0.117 e. The van der Waals surface area contributed by atoms with Crippen LogP contribution in [0.5, 0.6) is 0 Å². The maximum atomic E-state index is 5.44. The van der Waals surface area contributed by atoms with Crippen molar-refractivity contribution in [3.63, 3.8) is 0 Å². The Balaban J connectivity index is 1.61. The summed E-state index contributed by atoms with van der Waals surface area (Å²) in [6.45, 7) is 6.02. The number of likely N-dealkylation sites (tertiary alicyclic amines) is 2. The number of furan rings is 1. The van der Waals surface area contributed by atoms with Gasteiger partial charge in [-0.05, 0) is 56.9 Å². The van der Waals surface area contributed by atoms with Crippen LogP contribution in [-0.4, -0.2) is 43.0 Å². The van der Waals surface area contributed by atoms with Crippen molar-refractivity contribution in [3.8, 4) is 0 Å². The zero-order valence-electron chi connectivity index (χ0n) is 10.7. The summed E-state index contributed by atoms with van der Waals surface area (Å²) >= 11 is 0. The fourth-order valence-corrected chi connectivity index (χ4v) is 3.57. The van der Waals surface area contributed by atoms with Gasteiger partial charge in [0.15, 0.2) is 0 Å². The Kier molecular flexibility index (Phi) is 2.97. The van der Waals surface area contributed by atoms with Crippen LogP contribution in [0.4, 0.5) is 0 Å². The van der Waals surface area contributed by atoms with E-state index in [-0.39, 0.29) is 0 Å². The molecule has 0 bridgehead atoms. The standard InChI is InChI=1S/C14H22N2O/c1-15-7-3-5-14(11-15)6-8-16(12-14)10-13-4-2-9-17-13/h2,4,9H,3,5-8,10-12H2,1H3/t14-/m1/s1. The van der Waals surface area contributed by atoms with Gasteiger partial charge in [0.25, 0.3) is 0 Å². The molecule has 2 fully saturated rings. The van der Waals surface area contributed by atoms with Crippen molar-refractivity contribution >= 4 is 0 Å². The third-order valence-corrected chi connectivity index (χ3v) is 4.33. The highest BCUT2D eigenvalue weighted by Gasteiger charge is 2.40. The Morgan fingerprint density at radius 3 is 3.00 bits per heavy atom. The summed E-state index contributed by atoms with van der Waals surface area (Å²) in [5.74, 6) is 1.10. The quantitative estimate of drug-likeness (QED) is 0.782. The minimum Gasteiger partial charge on any atom is -0.468 e. The van der Waals surface area contributed by atoms with Gasteiger partial charge in [0.2, 0.25) is 0 Å². The second-order valence-corrected chi connectivity index (χ2v) is 5.88. The molecular weight excluding hydrogens is 212 g/mol. The maximum absolute atomic E-state index is 5.44. The summed E-state index contributed by atoms with van der Waals surface area (Å²) in [4.78, 5) is 5.05. The number of nitrogens with zero attached hydrogens (tertiary/aromatic N) is 2. The third-order valence-electron chi connectivity index (χ3n) is 4.33. The first-order valence-electron chi connectivity index (χ1n) is 6.69. The molecule has 2 saturated heterocycles. The molecule has 2 aliphatic heterocycles. The summed E-state index contributed by atoms with van der Waals surface area (Å²) in [6, 6.07) is 4.06. The van der Waals surface area contributed by atoms with Crippen LogP contribution < -0.4 is 0 Å². The van der Waals surface area contributed by atoms with E-state index in [1.54, 1.807) is 6.26 Å². The molecule has 17 heavy (non-hydrogen) atoms. The highest BCUT2D eigenvalue weighted by Crippen LogP contribution is 2.38. The molecule has 0 aliphatic carbocycles. The molecule has 3 rings (SSSR count). The summed E-state index contributed by atoms with van der Waals surface area (Å²) < 4.78 is 5.44. The fraction of sp³-hybridized carbons (Fsp3) is 0.714. The first-order valence-corrected chi connectivity index (χ1v) is 6.69. The molecule has 3 heterocycles. The SMILES string of the molecule is CN1CCC[C@@]2(CCN(Cc3ccco3)C2)C1. The van der Waals surface area contributed by atoms with Gasteiger partial charge in [-0.1, -0.05) is 0 Å². The Morgan fingerprint density at radius 2 is 2.24 bits per heavy atom. The highest BCUT2D eigenvalue weighted by atomic mass is 16.3. The first-order chi connectivity index (χ1) is 8.26. The van der Waals surface area contributed by atoms with E-state index in [1.807, 2.05) is 6.07 Å². The topological polar surface area (TPSA) is 19.6 Å². The van der Waals surface area contributed by atoms with Crippen molar-refractivity contribution < 1.29 is 4.42 Å². The van der Waals surface area contributed by atoms with Crippen molar-refractivity contribution in [1.82, 2.24) is 9.80 Å². The molecule has 1 atom stereocenters. The molecule has 3 nitrogen and oxygen atoms in total. The maximum Gasteiger partial charge on any atom is 0.117 e. The molecule has 0 saturated carbocycles. The molecule has 1 aromatic heterocycles. The van der Waals surface area contributed by atoms with Crippen LogP contribution in [0.15, 0.2) is 22.8 Å². The van der Waals surface area contributed by atoms with Crippen LogP contribution in [0.1, 0.15) is 25.0 Å². The van der Waals surface area contributed by atoms with E-state index < -0.39 is 0 Å². The van der Waals surface area contributed by atoms with Crippen LogP contribution >= 0.6 is 0 Å². The molecule has 0 radical (unpaired) electrons. The largest absolute Gasteiger partial charge is 0.468 e. The van der Waals surface area contributed by atoms with E-state index in [2.05, 4.69) is 22.9 Å². The summed E-state index contributed by atoms with van der Waals surface area (Å²) in [7, 11) is 2.26. The Morgan fingerprint density at radius 1 is 1.29 bits per heavy atom. The minimum atomic E-state index is 0.569. The van der Waals surface area contributed by atoms with Crippen LogP contribution in [0, 0.1) is 5.41 Å². The van der Waals surface area contributed by atoms with Gasteiger partial charge in [0.1, 0.15) is 5.76 Å². The molecule has 1 aromatic rings. The second-order valence-electron chi connectivity index (χ2n) is 5.88. The van der Waals surface area contributed by atoms with E-state index in [9.17, 15) is 0 Å². The zero-order valence-corrected chi connectivity index (χ0v) is 10.7. The predicted octanol–water partition coefficient (Wildman–Crippen LogP) is 2.20. The Hall–Kier alpha value is -0.800. The van der Waals surface area contributed by atoms with Crippen LogP contribution in [0.2, 0.25) is 0 Å². The average Bonchev–Trinajstić information content (AvgIpc) is 2.90. The van der Waals surface area contributed by atoms with Crippen molar-refractivity contribution in [3.05, 3.63) is 24.2 Å². The highest BCUT2D eigenvalue weighted by molar-refractivity contribution is 5.01. The molecular formula is C14H22N2O.